The quantitative estimate of drug-likeness (QED) is 0.597. The standard InChI is InChI=1S/C16H15N7O/c1-22-10-13(8-18-22)20-16-17-6-12-7-19-23(15(12)21-16)9-11-3-2-4-14(24)5-11/h2-8,10,24H,9H2,1H3,(H,17,20,21). The fourth-order valence-electron chi connectivity index (χ4n) is 2.49. The van der Waals surface area contributed by atoms with Gasteiger partial charge >= 0.3 is 0 Å². The fraction of sp³-hybridized carbons (Fsp3) is 0.125. The summed E-state index contributed by atoms with van der Waals surface area (Å²) < 4.78 is 3.48. The topological polar surface area (TPSA) is 93.7 Å². The molecule has 0 saturated carbocycles. The SMILES string of the molecule is Cn1cc(Nc2ncc3cnn(Cc4cccc(O)c4)c3n2)cn1. The van der Waals surface area contributed by atoms with Crippen molar-refractivity contribution in [1.29, 1.82) is 0 Å². The average Bonchev–Trinajstić information content (AvgIpc) is 3.14. The minimum absolute atomic E-state index is 0.234. The van der Waals surface area contributed by atoms with E-state index in [0.717, 1.165) is 22.3 Å². The first-order valence-corrected chi connectivity index (χ1v) is 7.39. The van der Waals surface area contributed by atoms with Gasteiger partial charge in [0.15, 0.2) is 5.65 Å². The number of nitrogens with zero attached hydrogens (tertiary/aromatic N) is 6. The molecule has 0 bridgehead atoms. The minimum atomic E-state index is 0.234. The second-order valence-electron chi connectivity index (χ2n) is 5.47. The third-order valence-corrected chi connectivity index (χ3v) is 3.58. The van der Waals surface area contributed by atoms with Gasteiger partial charge in [0.05, 0.1) is 30.0 Å². The molecule has 0 aliphatic rings. The molecule has 24 heavy (non-hydrogen) atoms. The Bertz CT molecular complexity index is 1000. The van der Waals surface area contributed by atoms with Gasteiger partial charge in [0.2, 0.25) is 5.95 Å². The number of phenolic OH excluding ortho intramolecular Hbond substituents is 1. The lowest BCUT2D eigenvalue weighted by Crippen LogP contribution is -2.04. The molecule has 0 radical (unpaired) electrons. The van der Waals surface area contributed by atoms with Crippen LogP contribution in [0.15, 0.2) is 49.1 Å². The lowest BCUT2D eigenvalue weighted by Gasteiger charge is -2.05. The van der Waals surface area contributed by atoms with E-state index < -0.39 is 0 Å². The zero-order chi connectivity index (χ0) is 16.5. The van der Waals surface area contributed by atoms with Crippen LogP contribution >= 0.6 is 0 Å². The number of fused-ring (bicyclic) bond motifs is 1. The number of rotatable bonds is 4. The van der Waals surface area contributed by atoms with Gasteiger partial charge in [0.1, 0.15) is 5.75 Å². The highest BCUT2D eigenvalue weighted by atomic mass is 16.3. The van der Waals surface area contributed by atoms with Crippen LogP contribution in [0.1, 0.15) is 5.56 Å². The third kappa shape index (κ3) is 2.76. The highest BCUT2D eigenvalue weighted by Crippen LogP contribution is 2.18. The molecule has 120 valence electrons. The summed E-state index contributed by atoms with van der Waals surface area (Å²) in [5, 5.41) is 22.0. The van der Waals surface area contributed by atoms with Crippen molar-refractivity contribution in [3.63, 3.8) is 0 Å². The summed E-state index contributed by atoms with van der Waals surface area (Å²) in [5.41, 5.74) is 2.48. The summed E-state index contributed by atoms with van der Waals surface area (Å²) in [7, 11) is 1.85. The van der Waals surface area contributed by atoms with Crippen LogP contribution in [-0.2, 0) is 13.6 Å². The van der Waals surface area contributed by atoms with Crippen molar-refractivity contribution in [3.8, 4) is 5.75 Å². The molecule has 0 unspecified atom stereocenters. The molecule has 0 aliphatic heterocycles. The van der Waals surface area contributed by atoms with Crippen molar-refractivity contribution in [1.82, 2.24) is 29.5 Å². The molecule has 0 aliphatic carbocycles. The second kappa shape index (κ2) is 5.65. The first-order chi connectivity index (χ1) is 11.7. The molecular weight excluding hydrogens is 306 g/mol. The van der Waals surface area contributed by atoms with Crippen molar-refractivity contribution in [3.05, 3.63) is 54.6 Å². The van der Waals surface area contributed by atoms with Gasteiger partial charge in [-0.05, 0) is 17.7 Å². The minimum Gasteiger partial charge on any atom is -0.508 e. The van der Waals surface area contributed by atoms with Crippen molar-refractivity contribution < 1.29 is 5.11 Å². The number of aromatic hydroxyl groups is 1. The zero-order valence-corrected chi connectivity index (χ0v) is 13.0. The van der Waals surface area contributed by atoms with Crippen molar-refractivity contribution in [2.24, 2.45) is 7.05 Å². The first-order valence-electron chi connectivity index (χ1n) is 7.39. The Labute approximate surface area is 137 Å². The monoisotopic (exact) mass is 321 g/mol. The largest absolute Gasteiger partial charge is 0.508 e. The predicted molar refractivity (Wildman–Crippen MR) is 89.0 cm³/mol. The number of aryl methyl sites for hydroxylation is 1. The van der Waals surface area contributed by atoms with Gasteiger partial charge in [-0.15, -0.1) is 0 Å². The van der Waals surface area contributed by atoms with Gasteiger partial charge in [0, 0.05) is 19.4 Å². The van der Waals surface area contributed by atoms with Gasteiger partial charge in [0.25, 0.3) is 0 Å². The molecular formula is C16H15N7O. The summed E-state index contributed by atoms with van der Waals surface area (Å²) in [5.74, 6) is 0.714. The molecule has 0 fully saturated rings. The Morgan fingerprint density at radius 3 is 2.88 bits per heavy atom. The first kappa shape index (κ1) is 14.2. The molecule has 2 N–H and O–H groups in total. The van der Waals surface area contributed by atoms with E-state index in [2.05, 4.69) is 25.5 Å². The van der Waals surface area contributed by atoms with Crippen LogP contribution in [0, 0.1) is 0 Å². The van der Waals surface area contributed by atoms with Gasteiger partial charge in [-0.25, -0.2) is 9.67 Å². The summed E-state index contributed by atoms with van der Waals surface area (Å²) >= 11 is 0. The van der Waals surface area contributed by atoms with Crippen molar-refractivity contribution >= 4 is 22.7 Å². The number of hydrogen-bond donors (Lipinski definition) is 2. The molecule has 4 aromatic rings. The van der Waals surface area contributed by atoms with E-state index in [-0.39, 0.29) is 5.75 Å². The lowest BCUT2D eigenvalue weighted by molar-refractivity contribution is 0.474. The number of anilines is 2. The predicted octanol–water partition coefficient (Wildman–Crippen LogP) is 2.06. The van der Waals surface area contributed by atoms with Crippen LogP contribution < -0.4 is 5.32 Å². The Morgan fingerprint density at radius 2 is 2.08 bits per heavy atom. The van der Waals surface area contributed by atoms with E-state index in [0.29, 0.717) is 12.5 Å². The number of benzene rings is 1. The average molecular weight is 321 g/mol. The van der Waals surface area contributed by atoms with E-state index in [9.17, 15) is 5.11 Å². The van der Waals surface area contributed by atoms with E-state index >= 15 is 0 Å². The summed E-state index contributed by atoms with van der Waals surface area (Å²) in [6, 6.07) is 7.09. The Balaban J connectivity index is 1.65. The molecule has 0 amide bonds. The van der Waals surface area contributed by atoms with E-state index in [1.54, 1.807) is 46.2 Å². The number of hydrogen-bond acceptors (Lipinski definition) is 6. The maximum absolute atomic E-state index is 9.59. The van der Waals surface area contributed by atoms with Crippen molar-refractivity contribution in [2.45, 2.75) is 6.54 Å². The van der Waals surface area contributed by atoms with Gasteiger partial charge in [-0.1, -0.05) is 12.1 Å². The molecule has 0 saturated heterocycles. The molecule has 0 atom stereocenters. The van der Waals surface area contributed by atoms with Crippen LogP contribution in [0.2, 0.25) is 0 Å². The summed E-state index contributed by atoms with van der Waals surface area (Å²) in [4.78, 5) is 8.83. The number of aromatic nitrogens is 6. The lowest BCUT2D eigenvalue weighted by atomic mass is 10.2. The maximum atomic E-state index is 9.59. The van der Waals surface area contributed by atoms with Crippen LogP contribution in [0.5, 0.6) is 5.75 Å². The molecule has 8 nitrogen and oxygen atoms in total. The Kier molecular flexibility index (Phi) is 3.34. The molecule has 3 heterocycles. The Morgan fingerprint density at radius 1 is 1.17 bits per heavy atom. The van der Waals surface area contributed by atoms with Crippen LogP contribution in [0.3, 0.4) is 0 Å². The van der Waals surface area contributed by atoms with Gasteiger partial charge in [-0.2, -0.15) is 15.2 Å². The zero-order valence-electron chi connectivity index (χ0n) is 13.0. The molecule has 4 rings (SSSR count). The van der Waals surface area contributed by atoms with Crippen LogP contribution in [0.25, 0.3) is 11.0 Å². The molecule has 3 aromatic heterocycles. The molecule has 8 heteroatoms. The normalized spacial score (nSPS) is 11.0. The molecule has 0 spiro atoms. The Hall–Kier alpha value is -3.42. The molecule has 1 aromatic carbocycles. The smallest absolute Gasteiger partial charge is 0.229 e. The third-order valence-electron chi connectivity index (χ3n) is 3.58. The summed E-state index contributed by atoms with van der Waals surface area (Å²) in [6.45, 7) is 0.515. The van der Waals surface area contributed by atoms with Crippen molar-refractivity contribution in [2.75, 3.05) is 5.32 Å². The van der Waals surface area contributed by atoms with Gasteiger partial charge < -0.3 is 10.4 Å². The second-order valence-corrected chi connectivity index (χ2v) is 5.47. The van der Waals surface area contributed by atoms with Crippen LogP contribution in [0.4, 0.5) is 11.6 Å². The highest BCUT2D eigenvalue weighted by Gasteiger charge is 2.08. The summed E-state index contributed by atoms with van der Waals surface area (Å²) in [6.07, 6.45) is 7.01. The van der Waals surface area contributed by atoms with Gasteiger partial charge in [-0.3, -0.25) is 4.68 Å². The van der Waals surface area contributed by atoms with E-state index in [1.807, 2.05) is 19.3 Å². The van der Waals surface area contributed by atoms with E-state index in [1.165, 1.54) is 0 Å². The van der Waals surface area contributed by atoms with E-state index in [4.69, 9.17) is 0 Å². The van der Waals surface area contributed by atoms with Crippen LogP contribution in [-0.4, -0.2) is 34.6 Å². The number of phenols is 1. The highest BCUT2D eigenvalue weighted by molar-refractivity contribution is 5.75. The fourth-order valence-corrected chi connectivity index (χ4v) is 2.49. The number of nitrogens with one attached hydrogen (secondary N) is 1. The maximum Gasteiger partial charge on any atom is 0.229 e.